The summed E-state index contributed by atoms with van der Waals surface area (Å²) in [4.78, 5) is 18.1. The van der Waals surface area contributed by atoms with Gasteiger partial charge in [0.15, 0.2) is 0 Å². The van der Waals surface area contributed by atoms with Crippen molar-refractivity contribution >= 4 is 17.4 Å². The molecule has 2 aromatic heterocycles. The summed E-state index contributed by atoms with van der Waals surface area (Å²) in [7, 11) is 0. The van der Waals surface area contributed by atoms with Crippen LogP contribution in [0, 0.1) is 5.82 Å². The molecule has 0 bridgehead atoms. The lowest BCUT2D eigenvalue weighted by atomic mass is 10.1. The molecule has 0 spiro atoms. The Kier molecular flexibility index (Phi) is 2.49. The molecule has 3 aromatic rings. The first-order valence-electron chi connectivity index (χ1n) is 5.19. The van der Waals surface area contributed by atoms with Crippen LogP contribution in [0.2, 0.25) is 5.02 Å². The first kappa shape index (κ1) is 11.7. The molecule has 0 aliphatic heterocycles. The second kappa shape index (κ2) is 4.06. The number of hydrogen-bond acceptors (Lipinski definition) is 4. The van der Waals surface area contributed by atoms with Crippen molar-refractivity contribution in [3.63, 3.8) is 0 Å². The van der Waals surface area contributed by atoms with Gasteiger partial charge in [-0.2, -0.15) is 14.6 Å². The Balaban J connectivity index is 2.42. The SMILES string of the molecule is O=c1[nH]c2ncnn2c(O)c1-c1cccc(F)c1Cl. The molecule has 6 nitrogen and oxygen atoms in total. The fourth-order valence-electron chi connectivity index (χ4n) is 1.79. The summed E-state index contributed by atoms with van der Waals surface area (Å²) in [5, 5.41) is 13.5. The van der Waals surface area contributed by atoms with Gasteiger partial charge in [0, 0.05) is 5.56 Å². The average molecular weight is 281 g/mol. The van der Waals surface area contributed by atoms with Gasteiger partial charge in [-0.05, 0) is 6.07 Å². The molecule has 19 heavy (non-hydrogen) atoms. The molecule has 96 valence electrons. The molecule has 0 fully saturated rings. The van der Waals surface area contributed by atoms with Crippen molar-refractivity contribution in [2.45, 2.75) is 0 Å². The van der Waals surface area contributed by atoms with Crippen LogP contribution in [0.1, 0.15) is 0 Å². The number of fused-ring (bicyclic) bond motifs is 1. The predicted molar refractivity (Wildman–Crippen MR) is 65.7 cm³/mol. The Labute approximate surface area is 110 Å². The Morgan fingerprint density at radius 3 is 3.00 bits per heavy atom. The number of rotatable bonds is 1. The van der Waals surface area contributed by atoms with Crippen LogP contribution < -0.4 is 5.56 Å². The zero-order valence-electron chi connectivity index (χ0n) is 9.26. The average Bonchev–Trinajstić information content (AvgIpc) is 2.82. The fourth-order valence-corrected chi connectivity index (χ4v) is 2.01. The van der Waals surface area contributed by atoms with Crippen LogP contribution >= 0.6 is 11.6 Å². The summed E-state index contributed by atoms with van der Waals surface area (Å²) in [5.41, 5.74) is -0.717. The van der Waals surface area contributed by atoms with Gasteiger partial charge in [-0.15, -0.1) is 0 Å². The number of aromatic amines is 1. The van der Waals surface area contributed by atoms with E-state index in [-0.39, 0.29) is 21.9 Å². The van der Waals surface area contributed by atoms with Crippen molar-refractivity contribution < 1.29 is 9.50 Å². The molecular weight excluding hydrogens is 275 g/mol. The molecule has 1 aromatic carbocycles. The van der Waals surface area contributed by atoms with Gasteiger partial charge in [0.25, 0.3) is 5.56 Å². The predicted octanol–water partition coefficient (Wildman–Crippen LogP) is 1.58. The second-order valence-electron chi connectivity index (χ2n) is 3.75. The summed E-state index contributed by atoms with van der Waals surface area (Å²) in [6.07, 6.45) is 1.17. The van der Waals surface area contributed by atoms with Gasteiger partial charge in [-0.25, -0.2) is 4.39 Å². The van der Waals surface area contributed by atoms with Gasteiger partial charge in [-0.3, -0.25) is 9.78 Å². The summed E-state index contributed by atoms with van der Waals surface area (Å²) < 4.78 is 14.4. The van der Waals surface area contributed by atoms with Crippen LogP contribution in [0.5, 0.6) is 5.88 Å². The first-order chi connectivity index (χ1) is 9.09. The number of nitrogens with one attached hydrogen (secondary N) is 1. The van der Waals surface area contributed by atoms with Crippen LogP contribution in [0.15, 0.2) is 29.3 Å². The summed E-state index contributed by atoms with van der Waals surface area (Å²) in [6, 6.07) is 3.98. The van der Waals surface area contributed by atoms with Gasteiger partial charge in [0.2, 0.25) is 11.7 Å². The minimum atomic E-state index is -0.684. The van der Waals surface area contributed by atoms with Crippen molar-refractivity contribution in [1.82, 2.24) is 19.6 Å². The van der Waals surface area contributed by atoms with Gasteiger partial charge in [0.1, 0.15) is 17.7 Å². The number of halogens is 2. The number of aromatic nitrogens is 4. The van der Waals surface area contributed by atoms with Crippen LogP contribution in [0.3, 0.4) is 0 Å². The van der Waals surface area contributed by atoms with E-state index >= 15 is 0 Å². The highest BCUT2D eigenvalue weighted by Crippen LogP contribution is 2.32. The molecular formula is C11H6ClFN4O2. The van der Waals surface area contributed by atoms with E-state index in [1.807, 2.05) is 0 Å². The summed E-state index contributed by atoms with van der Waals surface area (Å²) in [5.74, 6) is -1.06. The van der Waals surface area contributed by atoms with Crippen LogP contribution in [-0.4, -0.2) is 24.7 Å². The third-order valence-electron chi connectivity index (χ3n) is 2.65. The minimum Gasteiger partial charge on any atom is -0.493 e. The topological polar surface area (TPSA) is 83.3 Å². The minimum absolute atomic E-state index is 0.0813. The molecule has 0 radical (unpaired) electrons. The van der Waals surface area contributed by atoms with E-state index in [9.17, 15) is 14.3 Å². The van der Waals surface area contributed by atoms with E-state index in [4.69, 9.17) is 11.6 Å². The maximum absolute atomic E-state index is 13.4. The molecule has 3 rings (SSSR count). The van der Waals surface area contributed by atoms with Crippen molar-refractivity contribution in [3.8, 4) is 17.0 Å². The molecule has 2 N–H and O–H groups in total. The van der Waals surface area contributed by atoms with Gasteiger partial charge >= 0.3 is 0 Å². The number of nitrogens with zero attached hydrogens (tertiary/aromatic N) is 3. The third kappa shape index (κ3) is 1.66. The number of benzene rings is 1. The van der Waals surface area contributed by atoms with Crippen molar-refractivity contribution in [2.24, 2.45) is 0 Å². The molecule has 0 unspecified atom stereocenters. The highest BCUT2D eigenvalue weighted by atomic mass is 35.5. The molecule has 0 aliphatic rings. The van der Waals surface area contributed by atoms with Gasteiger partial charge < -0.3 is 5.11 Å². The smallest absolute Gasteiger partial charge is 0.264 e. The molecule has 0 amide bonds. The van der Waals surface area contributed by atoms with E-state index in [1.54, 1.807) is 0 Å². The van der Waals surface area contributed by atoms with Crippen LogP contribution in [0.4, 0.5) is 4.39 Å². The number of H-pyrrole nitrogens is 1. The monoisotopic (exact) mass is 280 g/mol. The lowest BCUT2D eigenvalue weighted by molar-refractivity contribution is 0.436. The van der Waals surface area contributed by atoms with Gasteiger partial charge in [0.05, 0.1) is 5.02 Å². The quantitative estimate of drug-likeness (QED) is 0.709. The highest BCUT2D eigenvalue weighted by molar-refractivity contribution is 6.33. The van der Waals surface area contributed by atoms with E-state index in [1.165, 1.54) is 18.5 Å². The van der Waals surface area contributed by atoms with E-state index in [0.29, 0.717) is 0 Å². The molecule has 0 saturated heterocycles. The van der Waals surface area contributed by atoms with Crippen LogP contribution in [0.25, 0.3) is 16.9 Å². The maximum Gasteiger partial charge on any atom is 0.264 e. The standard InChI is InChI=1S/C11H6ClFN4O2/c12-8-5(2-1-3-6(8)13)7-9(18)16-11-14-4-15-17(11)10(7)19/h1-4,19H,(H,14,15,16,18). The largest absolute Gasteiger partial charge is 0.493 e. The normalized spacial score (nSPS) is 11.1. The number of aromatic hydroxyl groups is 1. The second-order valence-corrected chi connectivity index (χ2v) is 4.13. The molecule has 0 saturated carbocycles. The molecule has 0 aliphatic carbocycles. The summed E-state index contributed by atoms with van der Waals surface area (Å²) in [6.45, 7) is 0. The van der Waals surface area contributed by atoms with E-state index in [2.05, 4.69) is 15.1 Å². The van der Waals surface area contributed by atoms with Crippen molar-refractivity contribution in [1.29, 1.82) is 0 Å². The maximum atomic E-state index is 13.4. The Bertz CT molecular complexity index is 842. The Morgan fingerprint density at radius 2 is 2.21 bits per heavy atom. The molecule has 2 heterocycles. The van der Waals surface area contributed by atoms with Gasteiger partial charge in [-0.1, -0.05) is 23.7 Å². The Hall–Kier alpha value is -2.41. The van der Waals surface area contributed by atoms with Crippen molar-refractivity contribution in [2.75, 3.05) is 0 Å². The highest BCUT2D eigenvalue weighted by Gasteiger charge is 2.19. The fraction of sp³-hybridized carbons (Fsp3) is 0. The first-order valence-corrected chi connectivity index (χ1v) is 5.56. The van der Waals surface area contributed by atoms with E-state index < -0.39 is 17.3 Å². The van der Waals surface area contributed by atoms with Crippen LogP contribution in [-0.2, 0) is 0 Å². The third-order valence-corrected chi connectivity index (χ3v) is 3.03. The summed E-state index contributed by atoms with van der Waals surface area (Å²) >= 11 is 5.81. The lowest BCUT2D eigenvalue weighted by Gasteiger charge is -2.07. The zero-order chi connectivity index (χ0) is 13.6. The van der Waals surface area contributed by atoms with Crippen molar-refractivity contribution in [3.05, 3.63) is 45.7 Å². The Morgan fingerprint density at radius 1 is 1.42 bits per heavy atom. The zero-order valence-corrected chi connectivity index (χ0v) is 10.0. The molecule has 0 atom stereocenters. The molecule has 8 heteroatoms. The van der Waals surface area contributed by atoms with E-state index in [0.717, 1.165) is 10.6 Å². The lowest BCUT2D eigenvalue weighted by Crippen LogP contribution is -2.13. The number of hydrogen-bond donors (Lipinski definition) is 2.